The van der Waals surface area contributed by atoms with Gasteiger partial charge in [0.05, 0.1) is 19.4 Å². The minimum Gasteiger partial charge on any atom is -0.481 e. The predicted octanol–water partition coefficient (Wildman–Crippen LogP) is 2.07. The molecule has 7 nitrogen and oxygen atoms in total. The topological polar surface area (TPSA) is 73.2 Å². The SMILES string of the molecule is COc1ccc(C2=NN(C(=O)c3ccc4c(c3)OCO4)CC2)cn1. The molecule has 3 heterocycles. The Bertz CT molecular complexity index is 817. The van der Waals surface area contributed by atoms with Crippen molar-refractivity contribution in [1.82, 2.24) is 9.99 Å². The first-order chi connectivity index (χ1) is 11.7. The highest BCUT2D eigenvalue weighted by Gasteiger charge is 2.24. The number of aromatic nitrogens is 1. The van der Waals surface area contributed by atoms with Gasteiger partial charge in [0.2, 0.25) is 12.7 Å². The third-order valence-corrected chi connectivity index (χ3v) is 3.93. The van der Waals surface area contributed by atoms with Crippen LogP contribution in [-0.4, -0.2) is 42.1 Å². The van der Waals surface area contributed by atoms with E-state index in [0.717, 1.165) is 11.3 Å². The van der Waals surface area contributed by atoms with Crippen molar-refractivity contribution in [3.8, 4) is 17.4 Å². The fraction of sp³-hybridized carbons (Fsp3) is 0.235. The van der Waals surface area contributed by atoms with Gasteiger partial charge in [-0.05, 0) is 24.3 Å². The summed E-state index contributed by atoms with van der Waals surface area (Å²) in [6.07, 6.45) is 2.39. The van der Waals surface area contributed by atoms with E-state index >= 15 is 0 Å². The largest absolute Gasteiger partial charge is 0.481 e. The number of fused-ring (bicyclic) bond motifs is 1. The Labute approximate surface area is 138 Å². The van der Waals surface area contributed by atoms with Crippen molar-refractivity contribution >= 4 is 11.6 Å². The number of rotatable bonds is 3. The molecule has 122 valence electrons. The van der Waals surface area contributed by atoms with Crippen LogP contribution in [0.5, 0.6) is 17.4 Å². The van der Waals surface area contributed by atoms with E-state index in [9.17, 15) is 4.79 Å². The minimum atomic E-state index is -0.162. The van der Waals surface area contributed by atoms with Crippen molar-refractivity contribution < 1.29 is 19.0 Å². The third-order valence-electron chi connectivity index (χ3n) is 3.93. The summed E-state index contributed by atoms with van der Waals surface area (Å²) in [4.78, 5) is 16.8. The summed E-state index contributed by atoms with van der Waals surface area (Å²) in [5.74, 6) is 1.63. The number of pyridine rings is 1. The van der Waals surface area contributed by atoms with Gasteiger partial charge in [0.15, 0.2) is 11.5 Å². The normalized spacial score (nSPS) is 15.4. The van der Waals surface area contributed by atoms with Gasteiger partial charge in [0.1, 0.15) is 0 Å². The zero-order chi connectivity index (χ0) is 16.5. The molecule has 0 saturated carbocycles. The Morgan fingerprint density at radius 2 is 2.08 bits per heavy atom. The first kappa shape index (κ1) is 14.5. The van der Waals surface area contributed by atoms with Crippen molar-refractivity contribution in [2.75, 3.05) is 20.4 Å². The molecule has 0 radical (unpaired) electrons. The number of hydrazone groups is 1. The summed E-state index contributed by atoms with van der Waals surface area (Å²) in [6, 6.07) is 8.81. The Balaban J connectivity index is 1.54. The van der Waals surface area contributed by atoms with E-state index in [4.69, 9.17) is 14.2 Å². The van der Waals surface area contributed by atoms with Gasteiger partial charge in [0.25, 0.3) is 5.91 Å². The molecule has 0 spiro atoms. The lowest BCUT2D eigenvalue weighted by molar-refractivity contribution is 0.0778. The van der Waals surface area contributed by atoms with E-state index in [1.54, 1.807) is 37.6 Å². The average molecular weight is 325 g/mol. The summed E-state index contributed by atoms with van der Waals surface area (Å²) in [5.41, 5.74) is 2.24. The zero-order valence-corrected chi connectivity index (χ0v) is 13.1. The van der Waals surface area contributed by atoms with Crippen LogP contribution in [0.25, 0.3) is 0 Å². The monoisotopic (exact) mass is 325 g/mol. The molecular weight excluding hydrogens is 310 g/mol. The second-order valence-electron chi connectivity index (χ2n) is 5.38. The summed E-state index contributed by atoms with van der Waals surface area (Å²) < 4.78 is 15.6. The first-order valence-corrected chi connectivity index (χ1v) is 7.54. The molecule has 1 amide bonds. The highest BCUT2D eigenvalue weighted by atomic mass is 16.7. The molecule has 0 atom stereocenters. The molecule has 0 saturated heterocycles. The Morgan fingerprint density at radius 1 is 1.21 bits per heavy atom. The maximum absolute atomic E-state index is 12.6. The van der Waals surface area contributed by atoms with Crippen LogP contribution in [0.15, 0.2) is 41.6 Å². The Morgan fingerprint density at radius 3 is 2.88 bits per heavy atom. The van der Waals surface area contributed by atoms with Crippen LogP contribution in [0.2, 0.25) is 0 Å². The van der Waals surface area contributed by atoms with Crippen LogP contribution in [0.4, 0.5) is 0 Å². The van der Waals surface area contributed by atoms with E-state index in [1.807, 2.05) is 6.07 Å². The maximum Gasteiger partial charge on any atom is 0.274 e. The molecule has 0 unspecified atom stereocenters. The van der Waals surface area contributed by atoms with Crippen LogP contribution < -0.4 is 14.2 Å². The van der Waals surface area contributed by atoms with Gasteiger partial charge in [-0.1, -0.05) is 0 Å². The number of carbonyl (C=O) groups is 1. The molecule has 1 aromatic heterocycles. The first-order valence-electron chi connectivity index (χ1n) is 7.54. The molecule has 2 aromatic rings. The standard InChI is InChI=1S/C17H15N3O4/c1-22-16-5-3-12(9-18-16)13-6-7-20(19-13)17(21)11-2-4-14-15(8-11)24-10-23-14/h2-5,8-9H,6-7,10H2,1H3. The maximum atomic E-state index is 12.6. The van der Waals surface area contributed by atoms with Gasteiger partial charge in [-0.15, -0.1) is 0 Å². The van der Waals surface area contributed by atoms with Crippen molar-refractivity contribution in [3.63, 3.8) is 0 Å². The number of carbonyl (C=O) groups excluding carboxylic acids is 1. The van der Waals surface area contributed by atoms with E-state index in [2.05, 4.69) is 10.1 Å². The van der Waals surface area contributed by atoms with Gasteiger partial charge in [-0.3, -0.25) is 4.79 Å². The highest BCUT2D eigenvalue weighted by Crippen LogP contribution is 2.33. The molecule has 1 aromatic carbocycles. The van der Waals surface area contributed by atoms with Gasteiger partial charge in [0, 0.05) is 29.8 Å². The minimum absolute atomic E-state index is 0.162. The van der Waals surface area contributed by atoms with Gasteiger partial charge in [-0.2, -0.15) is 5.10 Å². The van der Waals surface area contributed by atoms with Gasteiger partial charge < -0.3 is 14.2 Å². The average Bonchev–Trinajstić information content (AvgIpc) is 3.30. The lowest BCUT2D eigenvalue weighted by Crippen LogP contribution is -2.23. The van der Waals surface area contributed by atoms with E-state index in [-0.39, 0.29) is 12.7 Å². The quantitative estimate of drug-likeness (QED) is 0.864. The lowest BCUT2D eigenvalue weighted by atomic mass is 10.1. The van der Waals surface area contributed by atoms with Crippen molar-refractivity contribution in [2.45, 2.75) is 6.42 Å². The molecule has 2 aliphatic heterocycles. The molecule has 7 heteroatoms. The fourth-order valence-electron chi connectivity index (χ4n) is 2.66. The highest BCUT2D eigenvalue weighted by molar-refractivity contribution is 6.04. The molecule has 0 fully saturated rings. The second-order valence-corrected chi connectivity index (χ2v) is 5.38. The van der Waals surface area contributed by atoms with E-state index < -0.39 is 0 Å². The van der Waals surface area contributed by atoms with Crippen LogP contribution in [0.3, 0.4) is 0 Å². The molecule has 0 N–H and O–H groups in total. The number of amides is 1. The number of benzene rings is 1. The molecule has 2 aliphatic rings. The zero-order valence-electron chi connectivity index (χ0n) is 13.1. The van der Waals surface area contributed by atoms with Crippen molar-refractivity contribution in [3.05, 3.63) is 47.7 Å². The third kappa shape index (κ3) is 2.54. The van der Waals surface area contributed by atoms with Crippen LogP contribution in [0, 0.1) is 0 Å². The van der Waals surface area contributed by atoms with Crippen molar-refractivity contribution in [1.29, 1.82) is 0 Å². The summed E-state index contributed by atoms with van der Waals surface area (Å²) in [7, 11) is 1.57. The Hall–Kier alpha value is -3.09. The number of hydrogen-bond acceptors (Lipinski definition) is 6. The summed E-state index contributed by atoms with van der Waals surface area (Å²) in [5, 5.41) is 5.90. The summed E-state index contributed by atoms with van der Waals surface area (Å²) >= 11 is 0. The molecule has 24 heavy (non-hydrogen) atoms. The number of ether oxygens (including phenoxy) is 3. The predicted molar refractivity (Wildman–Crippen MR) is 85.5 cm³/mol. The van der Waals surface area contributed by atoms with Crippen LogP contribution in [0.1, 0.15) is 22.3 Å². The molecule has 0 aliphatic carbocycles. The summed E-state index contributed by atoms with van der Waals surface area (Å²) in [6.45, 7) is 0.720. The lowest BCUT2D eigenvalue weighted by Gasteiger charge is -2.11. The fourth-order valence-corrected chi connectivity index (χ4v) is 2.66. The second kappa shape index (κ2) is 5.84. The van der Waals surface area contributed by atoms with E-state index in [1.165, 1.54) is 5.01 Å². The molecule has 0 bridgehead atoms. The van der Waals surface area contributed by atoms with Crippen LogP contribution >= 0.6 is 0 Å². The Kier molecular flexibility index (Phi) is 3.53. The number of hydrogen-bond donors (Lipinski definition) is 0. The molecule has 4 rings (SSSR count). The molecular formula is C17H15N3O4. The van der Waals surface area contributed by atoms with Gasteiger partial charge >= 0.3 is 0 Å². The number of nitrogens with zero attached hydrogens (tertiary/aromatic N) is 3. The smallest absolute Gasteiger partial charge is 0.274 e. The number of methoxy groups -OCH3 is 1. The van der Waals surface area contributed by atoms with Crippen LogP contribution in [-0.2, 0) is 0 Å². The van der Waals surface area contributed by atoms with Gasteiger partial charge in [-0.25, -0.2) is 9.99 Å². The van der Waals surface area contributed by atoms with Crippen molar-refractivity contribution in [2.24, 2.45) is 5.10 Å². The van der Waals surface area contributed by atoms with E-state index in [0.29, 0.717) is 35.9 Å².